The first kappa shape index (κ1) is 11.2. The lowest BCUT2D eigenvalue weighted by Gasteiger charge is -2.27. The Bertz CT molecular complexity index is 518. The second-order valence-electron chi connectivity index (χ2n) is 5.03. The number of piperidine rings is 1. The van der Waals surface area contributed by atoms with Crippen LogP contribution < -0.4 is 5.32 Å². The summed E-state index contributed by atoms with van der Waals surface area (Å²) in [5.41, 5.74) is 1.04. The molecule has 1 aromatic rings. The Morgan fingerprint density at radius 3 is 2.82 bits per heavy atom. The second-order valence-corrected chi connectivity index (χ2v) is 7.03. The van der Waals surface area contributed by atoms with E-state index in [1.807, 2.05) is 18.2 Å². The maximum Gasteiger partial charge on any atom is 0.179 e. The summed E-state index contributed by atoms with van der Waals surface area (Å²) in [5, 5.41) is 3.38. The highest BCUT2D eigenvalue weighted by atomic mass is 32.2. The third kappa shape index (κ3) is 1.89. The fourth-order valence-corrected chi connectivity index (χ4v) is 5.07. The molecule has 3 rings (SSSR count). The molecule has 0 bridgehead atoms. The number of nitrogens with one attached hydrogen (secondary N) is 1. The molecule has 3 nitrogen and oxygen atoms in total. The van der Waals surface area contributed by atoms with Crippen LogP contribution in [0.1, 0.15) is 24.3 Å². The number of benzene rings is 1. The molecule has 17 heavy (non-hydrogen) atoms. The number of rotatable bonds is 1. The lowest BCUT2D eigenvalue weighted by molar-refractivity contribution is 0.337. The topological polar surface area (TPSA) is 46.2 Å². The zero-order valence-electron chi connectivity index (χ0n) is 9.72. The van der Waals surface area contributed by atoms with Crippen molar-refractivity contribution in [2.75, 3.05) is 18.8 Å². The molecule has 0 spiro atoms. The molecule has 1 saturated heterocycles. The minimum atomic E-state index is -3.03. The predicted molar refractivity (Wildman–Crippen MR) is 66.8 cm³/mol. The van der Waals surface area contributed by atoms with Gasteiger partial charge in [-0.25, -0.2) is 8.42 Å². The Balaban J connectivity index is 1.99. The van der Waals surface area contributed by atoms with Crippen LogP contribution in [0.15, 0.2) is 29.2 Å². The van der Waals surface area contributed by atoms with Gasteiger partial charge in [0.1, 0.15) is 0 Å². The molecule has 2 aliphatic rings. The number of sulfone groups is 1. The Kier molecular flexibility index (Phi) is 2.71. The Labute approximate surface area is 102 Å². The molecule has 92 valence electrons. The van der Waals surface area contributed by atoms with Crippen LogP contribution in [0.25, 0.3) is 0 Å². The molecule has 2 heterocycles. The van der Waals surface area contributed by atoms with E-state index in [0.29, 0.717) is 16.6 Å². The minimum Gasteiger partial charge on any atom is -0.316 e. The molecule has 0 aliphatic carbocycles. The lowest BCUT2D eigenvalue weighted by Crippen LogP contribution is -2.33. The molecule has 4 heteroatoms. The van der Waals surface area contributed by atoms with Crippen molar-refractivity contribution < 1.29 is 8.42 Å². The average molecular weight is 251 g/mol. The molecule has 2 aliphatic heterocycles. The zero-order valence-corrected chi connectivity index (χ0v) is 10.5. The van der Waals surface area contributed by atoms with Crippen molar-refractivity contribution in [3.63, 3.8) is 0 Å². The van der Waals surface area contributed by atoms with E-state index >= 15 is 0 Å². The Hall–Kier alpha value is -0.870. The van der Waals surface area contributed by atoms with Crippen molar-refractivity contribution in [3.05, 3.63) is 29.8 Å². The van der Waals surface area contributed by atoms with E-state index in [1.165, 1.54) is 0 Å². The summed E-state index contributed by atoms with van der Waals surface area (Å²) in [6.45, 7) is 2.02. The summed E-state index contributed by atoms with van der Waals surface area (Å²) >= 11 is 0. The maximum absolute atomic E-state index is 12.1. The van der Waals surface area contributed by atoms with Crippen LogP contribution >= 0.6 is 0 Å². The summed E-state index contributed by atoms with van der Waals surface area (Å²) in [5.74, 6) is 0.977. The van der Waals surface area contributed by atoms with E-state index in [0.717, 1.165) is 31.5 Å². The van der Waals surface area contributed by atoms with Gasteiger partial charge in [0.15, 0.2) is 9.84 Å². The van der Waals surface area contributed by atoms with E-state index in [2.05, 4.69) is 5.32 Å². The van der Waals surface area contributed by atoms with Gasteiger partial charge in [-0.1, -0.05) is 18.2 Å². The highest BCUT2D eigenvalue weighted by Gasteiger charge is 2.38. The number of hydrogen-bond acceptors (Lipinski definition) is 3. The van der Waals surface area contributed by atoms with E-state index in [4.69, 9.17) is 0 Å². The van der Waals surface area contributed by atoms with Gasteiger partial charge >= 0.3 is 0 Å². The third-order valence-corrected chi connectivity index (χ3v) is 5.80. The van der Waals surface area contributed by atoms with Crippen LogP contribution in [0.3, 0.4) is 0 Å². The standard InChI is InChI=1S/C13H17NO2S/c15-17(16)9-12(10-4-3-7-14-8-10)11-5-1-2-6-13(11)17/h1-2,5-6,10,12,14H,3-4,7-9H2. The van der Waals surface area contributed by atoms with Crippen molar-refractivity contribution in [1.82, 2.24) is 5.32 Å². The zero-order chi connectivity index (χ0) is 11.9. The lowest BCUT2D eigenvalue weighted by atomic mass is 9.83. The first-order valence-electron chi connectivity index (χ1n) is 6.21. The highest BCUT2D eigenvalue weighted by Crippen LogP contribution is 2.41. The number of hydrogen-bond donors (Lipinski definition) is 1. The van der Waals surface area contributed by atoms with Crippen molar-refractivity contribution in [3.8, 4) is 0 Å². The first-order valence-corrected chi connectivity index (χ1v) is 7.86. The van der Waals surface area contributed by atoms with Crippen LogP contribution in [-0.2, 0) is 9.84 Å². The summed E-state index contributed by atoms with van der Waals surface area (Å²) in [7, 11) is -3.03. The third-order valence-electron chi connectivity index (χ3n) is 3.96. The summed E-state index contributed by atoms with van der Waals surface area (Å²) in [4.78, 5) is 0.565. The molecule has 1 N–H and O–H groups in total. The van der Waals surface area contributed by atoms with Crippen LogP contribution in [0.4, 0.5) is 0 Å². The molecule has 2 atom stereocenters. The Morgan fingerprint density at radius 2 is 2.06 bits per heavy atom. The largest absolute Gasteiger partial charge is 0.316 e. The van der Waals surface area contributed by atoms with Gasteiger partial charge in [-0.05, 0) is 43.5 Å². The fourth-order valence-electron chi connectivity index (χ4n) is 3.10. The van der Waals surface area contributed by atoms with Gasteiger partial charge in [0.2, 0.25) is 0 Å². The predicted octanol–water partition coefficient (Wildman–Crippen LogP) is 1.56. The van der Waals surface area contributed by atoms with Crippen molar-refractivity contribution in [1.29, 1.82) is 0 Å². The monoisotopic (exact) mass is 251 g/mol. The van der Waals surface area contributed by atoms with Gasteiger partial charge < -0.3 is 5.32 Å². The van der Waals surface area contributed by atoms with Crippen molar-refractivity contribution >= 4 is 9.84 Å². The maximum atomic E-state index is 12.1. The summed E-state index contributed by atoms with van der Waals surface area (Å²) in [6, 6.07) is 7.50. The van der Waals surface area contributed by atoms with Crippen LogP contribution in [-0.4, -0.2) is 27.3 Å². The van der Waals surface area contributed by atoms with E-state index in [1.54, 1.807) is 6.07 Å². The molecule has 2 unspecified atom stereocenters. The van der Waals surface area contributed by atoms with Crippen LogP contribution in [0, 0.1) is 5.92 Å². The van der Waals surface area contributed by atoms with Gasteiger partial charge in [0.25, 0.3) is 0 Å². The smallest absolute Gasteiger partial charge is 0.179 e. The van der Waals surface area contributed by atoms with E-state index in [-0.39, 0.29) is 5.92 Å². The van der Waals surface area contributed by atoms with E-state index in [9.17, 15) is 8.42 Å². The molecule has 0 amide bonds. The van der Waals surface area contributed by atoms with Gasteiger partial charge in [-0.2, -0.15) is 0 Å². The SMILES string of the molecule is O=S1(=O)CC(C2CCCNC2)c2ccccc21. The second kappa shape index (κ2) is 4.10. The van der Waals surface area contributed by atoms with Crippen LogP contribution in [0.5, 0.6) is 0 Å². The fraction of sp³-hybridized carbons (Fsp3) is 0.538. The summed E-state index contributed by atoms with van der Waals surface area (Å²) in [6.07, 6.45) is 2.30. The molecule has 0 aromatic heterocycles. The summed E-state index contributed by atoms with van der Waals surface area (Å²) < 4.78 is 24.2. The van der Waals surface area contributed by atoms with Gasteiger partial charge in [-0.3, -0.25) is 0 Å². The average Bonchev–Trinajstić information content (AvgIpc) is 2.64. The van der Waals surface area contributed by atoms with Gasteiger partial charge in [0, 0.05) is 5.92 Å². The first-order chi connectivity index (χ1) is 8.18. The Morgan fingerprint density at radius 1 is 1.24 bits per heavy atom. The van der Waals surface area contributed by atoms with Crippen molar-refractivity contribution in [2.24, 2.45) is 5.92 Å². The molecular weight excluding hydrogens is 234 g/mol. The van der Waals surface area contributed by atoms with Crippen molar-refractivity contribution in [2.45, 2.75) is 23.7 Å². The number of fused-ring (bicyclic) bond motifs is 1. The highest BCUT2D eigenvalue weighted by molar-refractivity contribution is 7.91. The van der Waals surface area contributed by atoms with Gasteiger partial charge in [-0.15, -0.1) is 0 Å². The van der Waals surface area contributed by atoms with E-state index < -0.39 is 9.84 Å². The quantitative estimate of drug-likeness (QED) is 0.824. The molecule has 0 radical (unpaired) electrons. The normalized spacial score (nSPS) is 31.1. The molecular formula is C13H17NO2S. The van der Waals surface area contributed by atoms with Crippen LogP contribution in [0.2, 0.25) is 0 Å². The molecule has 1 fully saturated rings. The minimum absolute atomic E-state index is 0.198. The molecule has 0 saturated carbocycles. The molecule has 1 aromatic carbocycles. The van der Waals surface area contributed by atoms with Gasteiger partial charge in [0.05, 0.1) is 10.6 Å².